The Hall–Kier alpha value is -1.63. The van der Waals surface area contributed by atoms with Crippen molar-refractivity contribution >= 4 is 5.91 Å². The molecule has 0 atom stereocenters. The molecule has 0 spiro atoms. The standard InChI is InChI=1S/C14H15F4NO2/c1-19(10-4-6-21-7-5-10)13(20)9-2-3-12(15)11(8-9)14(16,17)18/h2-3,8,10H,4-7H2,1H3. The van der Waals surface area contributed by atoms with E-state index in [9.17, 15) is 22.4 Å². The highest BCUT2D eigenvalue weighted by Crippen LogP contribution is 2.32. The summed E-state index contributed by atoms with van der Waals surface area (Å²) >= 11 is 0. The molecular formula is C14H15F4NO2. The largest absolute Gasteiger partial charge is 0.419 e. The molecule has 0 N–H and O–H groups in total. The lowest BCUT2D eigenvalue weighted by Crippen LogP contribution is -2.40. The molecule has 1 amide bonds. The number of nitrogens with zero attached hydrogens (tertiary/aromatic N) is 1. The van der Waals surface area contributed by atoms with Crippen LogP contribution in [0.4, 0.5) is 17.6 Å². The van der Waals surface area contributed by atoms with Crippen LogP contribution >= 0.6 is 0 Å². The number of hydrogen-bond donors (Lipinski definition) is 0. The molecule has 1 aliphatic heterocycles. The van der Waals surface area contributed by atoms with Crippen molar-refractivity contribution in [2.24, 2.45) is 0 Å². The van der Waals surface area contributed by atoms with Gasteiger partial charge in [0.15, 0.2) is 0 Å². The number of alkyl halides is 3. The first kappa shape index (κ1) is 15.8. The van der Waals surface area contributed by atoms with Crippen molar-refractivity contribution in [2.75, 3.05) is 20.3 Å². The molecule has 3 nitrogen and oxygen atoms in total. The van der Waals surface area contributed by atoms with E-state index in [2.05, 4.69) is 0 Å². The number of rotatable bonds is 2. The quantitative estimate of drug-likeness (QED) is 0.786. The summed E-state index contributed by atoms with van der Waals surface area (Å²) in [6.07, 6.45) is -3.55. The van der Waals surface area contributed by atoms with Gasteiger partial charge in [-0.05, 0) is 31.0 Å². The van der Waals surface area contributed by atoms with Gasteiger partial charge in [-0.15, -0.1) is 0 Å². The summed E-state index contributed by atoms with van der Waals surface area (Å²) in [5.74, 6) is -1.93. The van der Waals surface area contributed by atoms with E-state index in [-0.39, 0.29) is 11.6 Å². The third kappa shape index (κ3) is 3.53. The van der Waals surface area contributed by atoms with Gasteiger partial charge in [-0.1, -0.05) is 0 Å². The topological polar surface area (TPSA) is 29.5 Å². The third-order valence-corrected chi connectivity index (χ3v) is 3.58. The second kappa shape index (κ2) is 6.01. The number of carbonyl (C=O) groups is 1. The predicted molar refractivity (Wildman–Crippen MR) is 67.3 cm³/mol. The van der Waals surface area contributed by atoms with E-state index in [1.807, 2.05) is 0 Å². The highest BCUT2D eigenvalue weighted by Gasteiger charge is 2.35. The van der Waals surface area contributed by atoms with E-state index >= 15 is 0 Å². The molecule has 1 aromatic rings. The zero-order valence-corrected chi connectivity index (χ0v) is 11.4. The van der Waals surface area contributed by atoms with Crippen LogP contribution in [-0.2, 0) is 10.9 Å². The molecule has 1 fully saturated rings. The molecular weight excluding hydrogens is 290 g/mol. The summed E-state index contributed by atoms with van der Waals surface area (Å²) in [4.78, 5) is 13.6. The van der Waals surface area contributed by atoms with Gasteiger partial charge < -0.3 is 9.64 Å². The Morgan fingerprint density at radius 3 is 2.48 bits per heavy atom. The minimum absolute atomic E-state index is 0.0781. The number of carbonyl (C=O) groups excluding carboxylic acids is 1. The van der Waals surface area contributed by atoms with Crippen LogP contribution < -0.4 is 0 Å². The lowest BCUT2D eigenvalue weighted by Gasteiger charge is -2.31. The Morgan fingerprint density at radius 2 is 1.90 bits per heavy atom. The van der Waals surface area contributed by atoms with E-state index in [1.54, 1.807) is 0 Å². The molecule has 0 saturated carbocycles. The molecule has 1 heterocycles. The summed E-state index contributed by atoms with van der Waals surface area (Å²) in [5, 5.41) is 0. The van der Waals surface area contributed by atoms with Crippen molar-refractivity contribution in [3.05, 3.63) is 35.1 Å². The maximum atomic E-state index is 13.2. The van der Waals surface area contributed by atoms with Crippen molar-refractivity contribution in [2.45, 2.75) is 25.1 Å². The zero-order chi connectivity index (χ0) is 15.6. The molecule has 2 rings (SSSR count). The van der Waals surface area contributed by atoms with Gasteiger partial charge in [0.05, 0.1) is 5.56 Å². The van der Waals surface area contributed by atoms with E-state index in [0.717, 1.165) is 6.07 Å². The van der Waals surface area contributed by atoms with Crippen LogP contribution in [0.1, 0.15) is 28.8 Å². The van der Waals surface area contributed by atoms with Crippen LogP contribution in [0, 0.1) is 5.82 Å². The van der Waals surface area contributed by atoms with Gasteiger partial charge in [0.2, 0.25) is 0 Å². The Balaban J connectivity index is 2.22. The van der Waals surface area contributed by atoms with Gasteiger partial charge >= 0.3 is 6.18 Å². The van der Waals surface area contributed by atoms with E-state index in [1.165, 1.54) is 11.9 Å². The lowest BCUT2D eigenvalue weighted by molar-refractivity contribution is -0.140. The SMILES string of the molecule is CN(C(=O)c1ccc(F)c(C(F)(F)F)c1)C1CCOCC1. The Bertz CT molecular complexity index is 524. The van der Waals surface area contributed by atoms with Crippen LogP contribution in [0.2, 0.25) is 0 Å². The summed E-state index contributed by atoms with van der Waals surface area (Å²) in [7, 11) is 1.54. The smallest absolute Gasteiger partial charge is 0.381 e. The minimum atomic E-state index is -4.82. The first-order valence-electron chi connectivity index (χ1n) is 6.52. The third-order valence-electron chi connectivity index (χ3n) is 3.58. The van der Waals surface area contributed by atoms with Gasteiger partial charge in [-0.25, -0.2) is 4.39 Å². The van der Waals surface area contributed by atoms with Crippen LogP contribution in [0.25, 0.3) is 0 Å². The van der Waals surface area contributed by atoms with Crippen molar-refractivity contribution in [3.8, 4) is 0 Å². The fourth-order valence-corrected chi connectivity index (χ4v) is 2.32. The number of halogens is 4. The summed E-state index contributed by atoms with van der Waals surface area (Å²) in [6.45, 7) is 1.03. The number of amides is 1. The van der Waals surface area contributed by atoms with Gasteiger partial charge in [0.25, 0.3) is 5.91 Å². The zero-order valence-electron chi connectivity index (χ0n) is 11.4. The molecule has 7 heteroatoms. The fraction of sp³-hybridized carbons (Fsp3) is 0.500. The predicted octanol–water partition coefficient (Wildman–Crippen LogP) is 3.10. The molecule has 116 valence electrons. The van der Waals surface area contributed by atoms with Crippen LogP contribution in [0.5, 0.6) is 0 Å². The maximum Gasteiger partial charge on any atom is 0.419 e. The molecule has 1 saturated heterocycles. The number of ether oxygens (including phenoxy) is 1. The summed E-state index contributed by atoms with van der Waals surface area (Å²) in [6, 6.07) is 2.23. The highest BCUT2D eigenvalue weighted by atomic mass is 19.4. The van der Waals surface area contributed by atoms with Crippen LogP contribution in [0.3, 0.4) is 0 Å². The second-order valence-corrected chi connectivity index (χ2v) is 4.95. The minimum Gasteiger partial charge on any atom is -0.381 e. The van der Waals surface area contributed by atoms with Gasteiger partial charge in [-0.2, -0.15) is 13.2 Å². The van der Waals surface area contributed by atoms with Crippen molar-refractivity contribution in [1.82, 2.24) is 4.90 Å². The average molecular weight is 305 g/mol. The number of benzene rings is 1. The van der Waals surface area contributed by atoms with Gasteiger partial charge in [-0.3, -0.25) is 4.79 Å². The van der Waals surface area contributed by atoms with E-state index in [0.29, 0.717) is 38.2 Å². The van der Waals surface area contributed by atoms with Crippen molar-refractivity contribution in [3.63, 3.8) is 0 Å². The molecule has 1 aliphatic rings. The average Bonchev–Trinajstić information content (AvgIpc) is 2.46. The highest BCUT2D eigenvalue weighted by molar-refractivity contribution is 5.94. The van der Waals surface area contributed by atoms with Crippen molar-refractivity contribution in [1.29, 1.82) is 0 Å². The molecule has 21 heavy (non-hydrogen) atoms. The first-order chi connectivity index (χ1) is 9.80. The first-order valence-corrected chi connectivity index (χ1v) is 6.52. The van der Waals surface area contributed by atoms with Crippen LogP contribution in [-0.4, -0.2) is 37.1 Å². The Morgan fingerprint density at radius 1 is 1.29 bits per heavy atom. The summed E-state index contributed by atoms with van der Waals surface area (Å²) < 4.78 is 56.4. The van der Waals surface area contributed by atoms with Gasteiger partial charge in [0, 0.05) is 31.9 Å². The maximum absolute atomic E-state index is 13.2. The molecule has 0 aromatic heterocycles. The van der Waals surface area contributed by atoms with Crippen molar-refractivity contribution < 1.29 is 27.1 Å². The molecule has 1 aromatic carbocycles. The van der Waals surface area contributed by atoms with E-state index in [4.69, 9.17) is 4.74 Å². The second-order valence-electron chi connectivity index (χ2n) is 4.95. The normalized spacial score (nSPS) is 16.8. The molecule has 0 aliphatic carbocycles. The summed E-state index contributed by atoms with van der Waals surface area (Å²) in [5.41, 5.74) is -1.59. The molecule has 0 bridgehead atoms. The van der Waals surface area contributed by atoms with Crippen LogP contribution in [0.15, 0.2) is 18.2 Å². The van der Waals surface area contributed by atoms with E-state index < -0.39 is 23.5 Å². The molecule has 0 radical (unpaired) electrons. The monoisotopic (exact) mass is 305 g/mol. The Labute approximate surface area is 119 Å². The Kier molecular flexibility index (Phi) is 4.51. The molecule has 0 unspecified atom stereocenters. The lowest BCUT2D eigenvalue weighted by atomic mass is 10.0. The van der Waals surface area contributed by atoms with Gasteiger partial charge in [0.1, 0.15) is 5.82 Å². The fourth-order valence-electron chi connectivity index (χ4n) is 2.32. The number of hydrogen-bond acceptors (Lipinski definition) is 2.